The molecule has 0 saturated heterocycles. The Labute approximate surface area is 142 Å². The monoisotopic (exact) mass is 326 g/mol. The average Bonchev–Trinajstić information content (AvgIpc) is 2.63. The van der Waals surface area contributed by atoms with Gasteiger partial charge in [0.25, 0.3) is 5.91 Å². The van der Waals surface area contributed by atoms with E-state index in [1.807, 2.05) is 36.4 Å². The fourth-order valence-corrected chi connectivity index (χ4v) is 2.03. The number of methoxy groups -OCH3 is 1. The van der Waals surface area contributed by atoms with Gasteiger partial charge in [0.1, 0.15) is 0 Å². The third-order valence-corrected chi connectivity index (χ3v) is 3.36. The Kier molecular flexibility index (Phi) is 6.83. The minimum absolute atomic E-state index is 0.250. The van der Waals surface area contributed by atoms with Crippen LogP contribution in [0.4, 0.5) is 0 Å². The van der Waals surface area contributed by atoms with E-state index in [0.717, 1.165) is 18.4 Å². The van der Waals surface area contributed by atoms with E-state index in [2.05, 4.69) is 17.5 Å². The number of carbonyl (C=O) groups excluding carboxylic acids is 1. The molecular formula is C19H22N2O3. The van der Waals surface area contributed by atoms with Gasteiger partial charge < -0.3 is 9.47 Å². The van der Waals surface area contributed by atoms with Gasteiger partial charge in [-0.1, -0.05) is 31.5 Å². The van der Waals surface area contributed by atoms with E-state index >= 15 is 0 Å². The van der Waals surface area contributed by atoms with Crippen LogP contribution in [0.25, 0.3) is 0 Å². The second-order valence-corrected chi connectivity index (χ2v) is 5.18. The zero-order valence-corrected chi connectivity index (χ0v) is 14.0. The van der Waals surface area contributed by atoms with Crippen molar-refractivity contribution in [3.8, 4) is 11.5 Å². The molecule has 0 aliphatic carbocycles. The first-order valence-electron chi connectivity index (χ1n) is 7.94. The average molecular weight is 326 g/mol. The van der Waals surface area contributed by atoms with E-state index in [9.17, 15) is 4.79 Å². The number of nitrogens with zero attached hydrogens (tertiary/aromatic N) is 1. The molecule has 24 heavy (non-hydrogen) atoms. The highest BCUT2D eigenvalue weighted by atomic mass is 16.5. The third-order valence-electron chi connectivity index (χ3n) is 3.36. The maximum Gasteiger partial charge on any atom is 0.271 e. The molecule has 0 radical (unpaired) electrons. The molecule has 0 spiro atoms. The van der Waals surface area contributed by atoms with Crippen LogP contribution in [0.2, 0.25) is 0 Å². The zero-order chi connectivity index (χ0) is 17.2. The summed E-state index contributed by atoms with van der Waals surface area (Å²) in [6.07, 6.45) is 3.62. The Morgan fingerprint density at radius 2 is 1.96 bits per heavy atom. The minimum atomic E-state index is -0.250. The van der Waals surface area contributed by atoms with Crippen LogP contribution in [0.3, 0.4) is 0 Å². The highest BCUT2D eigenvalue weighted by Crippen LogP contribution is 2.27. The Bertz CT molecular complexity index is 684. The van der Waals surface area contributed by atoms with E-state index in [0.29, 0.717) is 23.7 Å². The van der Waals surface area contributed by atoms with Crippen LogP contribution >= 0.6 is 0 Å². The summed E-state index contributed by atoms with van der Waals surface area (Å²) in [5.41, 5.74) is 3.88. The molecular weight excluding hydrogens is 304 g/mol. The topological polar surface area (TPSA) is 59.9 Å². The third kappa shape index (κ3) is 5.12. The van der Waals surface area contributed by atoms with Crippen LogP contribution in [-0.4, -0.2) is 25.8 Å². The Balaban J connectivity index is 2.00. The molecule has 0 aliphatic heterocycles. The van der Waals surface area contributed by atoms with Crippen LogP contribution in [0, 0.1) is 0 Å². The summed E-state index contributed by atoms with van der Waals surface area (Å²) < 4.78 is 11.0. The van der Waals surface area contributed by atoms with Crippen molar-refractivity contribution in [3.63, 3.8) is 0 Å². The minimum Gasteiger partial charge on any atom is -0.493 e. The molecule has 2 aromatic carbocycles. The molecule has 5 heteroatoms. The van der Waals surface area contributed by atoms with Crippen LogP contribution in [0.15, 0.2) is 53.6 Å². The fraction of sp³-hybridized carbons (Fsp3) is 0.263. The van der Waals surface area contributed by atoms with Crippen molar-refractivity contribution in [2.24, 2.45) is 5.10 Å². The van der Waals surface area contributed by atoms with Gasteiger partial charge in [-0.3, -0.25) is 4.79 Å². The molecule has 0 atom stereocenters. The number of rotatable bonds is 8. The number of benzene rings is 2. The van der Waals surface area contributed by atoms with Crippen molar-refractivity contribution >= 4 is 12.1 Å². The lowest BCUT2D eigenvalue weighted by Gasteiger charge is -2.10. The van der Waals surface area contributed by atoms with Crippen molar-refractivity contribution in [1.82, 2.24) is 5.43 Å². The summed E-state index contributed by atoms with van der Waals surface area (Å²) in [6, 6.07) is 14.5. The molecule has 0 fully saturated rings. The first kappa shape index (κ1) is 17.5. The van der Waals surface area contributed by atoms with Crippen molar-refractivity contribution in [1.29, 1.82) is 0 Å². The Hall–Kier alpha value is -2.82. The molecule has 0 bridgehead atoms. The van der Waals surface area contributed by atoms with Gasteiger partial charge in [-0.15, -0.1) is 0 Å². The maximum absolute atomic E-state index is 11.9. The molecule has 0 unspecified atom stereocenters. The van der Waals surface area contributed by atoms with Gasteiger partial charge in [0.05, 0.1) is 19.9 Å². The van der Waals surface area contributed by atoms with Gasteiger partial charge in [-0.25, -0.2) is 5.43 Å². The number of carbonyl (C=O) groups is 1. The number of ether oxygens (including phenoxy) is 2. The first-order chi connectivity index (χ1) is 11.7. The van der Waals surface area contributed by atoms with Crippen LogP contribution in [-0.2, 0) is 0 Å². The number of hydrogen-bond donors (Lipinski definition) is 1. The lowest BCUT2D eigenvalue weighted by molar-refractivity contribution is 0.0955. The maximum atomic E-state index is 11.9. The molecule has 2 rings (SSSR count). The van der Waals surface area contributed by atoms with Crippen LogP contribution in [0.1, 0.15) is 35.7 Å². The van der Waals surface area contributed by atoms with Gasteiger partial charge in [0, 0.05) is 5.56 Å². The van der Waals surface area contributed by atoms with E-state index in [4.69, 9.17) is 9.47 Å². The summed E-state index contributed by atoms with van der Waals surface area (Å²) in [6.45, 7) is 2.75. The van der Waals surface area contributed by atoms with E-state index in [-0.39, 0.29) is 5.91 Å². The van der Waals surface area contributed by atoms with E-state index in [1.165, 1.54) is 0 Å². The summed E-state index contributed by atoms with van der Waals surface area (Å²) in [5.74, 6) is 1.10. The van der Waals surface area contributed by atoms with Crippen molar-refractivity contribution in [2.75, 3.05) is 13.7 Å². The molecule has 1 amide bonds. The SMILES string of the molecule is CCCCOc1cc(/C=N\NC(=O)c2ccccc2)ccc1OC. The highest BCUT2D eigenvalue weighted by Gasteiger charge is 2.05. The second-order valence-electron chi connectivity index (χ2n) is 5.18. The molecule has 5 nitrogen and oxygen atoms in total. The van der Waals surface area contributed by atoms with Crippen molar-refractivity contribution < 1.29 is 14.3 Å². The predicted octanol–water partition coefficient (Wildman–Crippen LogP) is 3.64. The predicted molar refractivity (Wildman–Crippen MR) is 94.9 cm³/mol. The van der Waals surface area contributed by atoms with Crippen LogP contribution < -0.4 is 14.9 Å². The lowest BCUT2D eigenvalue weighted by atomic mass is 10.2. The quantitative estimate of drug-likeness (QED) is 0.458. The zero-order valence-electron chi connectivity index (χ0n) is 14.0. The number of unbranched alkanes of at least 4 members (excludes halogenated alkanes) is 1. The van der Waals surface area contributed by atoms with Crippen LogP contribution in [0.5, 0.6) is 11.5 Å². The molecule has 0 saturated carbocycles. The summed E-state index contributed by atoms with van der Waals surface area (Å²) in [4.78, 5) is 11.9. The summed E-state index contributed by atoms with van der Waals surface area (Å²) >= 11 is 0. The molecule has 126 valence electrons. The largest absolute Gasteiger partial charge is 0.493 e. The van der Waals surface area contributed by atoms with Gasteiger partial charge in [-0.2, -0.15) is 5.10 Å². The van der Waals surface area contributed by atoms with Crippen molar-refractivity contribution in [2.45, 2.75) is 19.8 Å². The standard InChI is InChI=1S/C19H22N2O3/c1-3-4-12-24-18-13-15(10-11-17(18)23-2)14-20-21-19(22)16-8-6-5-7-9-16/h5-11,13-14H,3-4,12H2,1-2H3,(H,21,22)/b20-14-. The number of hydrazone groups is 1. The second kappa shape index (κ2) is 9.35. The molecule has 0 aliphatic rings. The lowest BCUT2D eigenvalue weighted by Crippen LogP contribution is -2.17. The van der Waals surface area contributed by atoms with Crippen molar-refractivity contribution in [3.05, 3.63) is 59.7 Å². The normalized spacial score (nSPS) is 10.6. The molecule has 2 aromatic rings. The van der Waals surface area contributed by atoms with Gasteiger partial charge in [-0.05, 0) is 42.3 Å². The first-order valence-corrected chi connectivity index (χ1v) is 7.94. The van der Waals surface area contributed by atoms with Gasteiger partial charge in [0.15, 0.2) is 11.5 Å². The number of hydrogen-bond acceptors (Lipinski definition) is 4. The van der Waals surface area contributed by atoms with E-state index in [1.54, 1.807) is 25.5 Å². The smallest absolute Gasteiger partial charge is 0.271 e. The molecule has 0 heterocycles. The number of amides is 1. The Morgan fingerprint density at radius 3 is 2.67 bits per heavy atom. The molecule has 1 N–H and O–H groups in total. The van der Waals surface area contributed by atoms with Gasteiger partial charge in [0.2, 0.25) is 0 Å². The van der Waals surface area contributed by atoms with E-state index < -0.39 is 0 Å². The molecule has 0 aromatic heterocycles. The highest BCUT2D eigenvalue weighted by molar-refractivity contribution is 5.94. The summed E-state index contributed by atoms with van der Waals surface area (Å²) in [5, 5.41) is 3.99. The Morgan fingerprint density at radius 1 is 1.17 bits per heavy atom. The van der Waals surface area contributed by atoms with Gasteiger partial charge >= 0.3 is 0 Å². The fourth-order valence-electron chi connectivity index (χ4n) is 2.03. The number of nitrogens with one attached hydrogen (secondary N) is 1. The summed E-state index contributed by atoms with van der Waals surface area (Å²) in [7, 11) is 1.61.